The molecule has 0 fully saturated rings. The molecule has 0 spiro atoms. The fourth-order valence-electron chi connectivity index (χ4n) is 1.18. The molecule has 2 aromatic rings. The van der Waals surface area contributed by atoms with Crippen molar-refractivity contribution in [3.63, 3.8) is 0 Å². The number of nitrogen functional groups attached to an aromatic ring is 1. The Balaban J connectivity index is 1.95. The number of imidazole rings is 1. The molecule has 2 rings (SSSR count). The van der Waals surface area contributed by atoms with Crippen LogP contribution in [0.4, 0.5) is 5.82 Å². The summed E-state index contributed by atoms with van der Waals surface area (Å²) in [5.74, 6) is 5.22. The minimum Gasteiger partial charge on any atom is -0.347 e. The summed E-state index contributed by atoms with van der Waals surface area (Å²) >= 11 is 0. The van der Waals surface area contributed by atoms with Gasteiger partial charge in [-0.2, -0.15) is 0 Å². The van der Waals surface area contributed by atoms with E-state index in [2.05, 4.69) is 30.9 Å². The van der Waals surface area contributed by atoms with Crippen molar-refractivity contribution in [1.82, 2.24) is 25.5 Å². The highest BCUT2D eigenvalue weighted by atomic mass is 16.1. The predicted octanol–water partition coefficient (Wildman–Crippen LogP) is -0.585. The van der Waals surface area contributed by atoms with Crippen molar-refractivity contribution in [1.29, 1.82) is 0 Å². The van der Waals surface area contributed by atoms with Crippen LogP contribution in [0.5, 0.6) is 0 Å². The molecule has 0 aromatic carbocycles. The molecule has 0 saturated heterocycles. The normalized spacial score (nSPS) is 9.94. The van der Waals surface area contributed by atoms with Gasteiger partial charge < -0.3 is 15.7 Å². The summed E-state index contributed by atoms with van der Waals surface area (Å²) in [6.45, 7) is 0.359. The van der Waals surface area contributed by atoms with Crippen molar-refractivity contribution >= 4 is 11.7 Å². The zero-order valence-electron chi connectivity index (χ0n) is 8.84. The Bertz CT molecular complexity index is 479. The van der Waals surface area contributed by atoms with E-state index in [9.17, 15) is 4.79 Å². The molecule has 17 heavy (non-hydrogen) atoms. The second-order valence-electron chi connectivity index (χ2n) is 3.21. The van der Waals surface area contributed by atoms with E-state index < -0.39 is 0 Å². The maximum atomic E-state index is 11.6. The molecule has 8 nitrogen and oxygen atoms in total. The first kappa shape index (κ1) is 11.0. The average Bonchev–Trinajstić information content (AvgIpc) is 2.89. The van der Waals surface area contributed by atoms with Crippen molar-refractivity contribution in [2.75, 3.05) is 5.43 Å². The van der Waals surface area contributed by atoms with Gasteiger partial charge >= 0.3 is 0 Å². The van der Waals surface area contributed by atoms with E-state index >= 15 is 0 Å². The number of carbonyl (C=O) groups is 1. The Morgan fingerprint density at radius 2 is 2.29 bits per heavy atom. The van der Waals surface area contributed by atoms with Gasteiger partial charge in [0.15, 0.2) is 11.5 Å². The van der Waals surface area contributed by atoms with Crippen LogP contribution < -0.4 is 16.6 Å². The van der Waals surface area contributed by atoms with E-state index in [1.807, 2.05) is 0 Å². The number of nitrogens with one attached hydrogen (secondary N) is 3. The van der Waals surface area contributed by atoms with Crippen LogP contribution in [0.1, 0.15) is 16.2 Å². The molecule has 8 heteroatoms. The lowest BCUT2D eigenvalue weighted by molar-refractivity contribution is 0.0944. The van der Waals surface area contributed by atoms with Crippen LogP contribution in [0.2, 0.25) is 0 Å². The summed E-state index contributed by atoms with van der Waals surface area (Å²) in [6.07, 6.45) is 3.18. The summed E-state index contributed by atoms with van der Waals surface area (Å²) in [5, 5.41) is 10.1. The van der Waals surface area contributed by atoms with Gasteiger partial charge in [-0.3, -0.25) is 4.79 Å². The van der Waals surface area contributed by atoms with Gasteiger partial charge in [0.2, 0.25) is 0 Å². The Morgan fingerprint density at radius 3 is 2.88 bits per heavy atom. The molecule has 2 aromatic heterocycles. The molecule has 0 unspecified atom stereocenters. The number of aromatic nitrogens is 4. The minimum absolute atomic E-state index is 0.225. The highest BCUT2D eigenvalue weighted by Crippen LogP contribution is 2.00. The van der Waals surface area contributed by atoms with Gasteiger partial charge in [0.25, 0.3) is 5.91 Å². The second-order valence-corrected chi connectivity index (χ2v) is 3.21. The standard InChI is InChI=1S/C9H11N7O/c10-14-8-2-1-7(15-16-8)9(17)12-4-6-3-11-5-13-6/h1-3,5H,4,10H2,(H,11,13)(H,12,17)(H,14,16). The summed E-state index contributed by atoms with van der Waals surface area (Å²) < 4.78 is 0. The minimum atomic E-state index is -0.310. The third-order valence-electron chi connectivity index (χ3n) is 2.04. The molecule has 0 radical (unpaired) electrons. The van der Waals surface area contributed by atoms with Crippen LogP contribution in [0, 0.1) is 0 Å². The number of aromatic amines is 1. The van der Waals surface area contributed by atoms with E-state index in [1.165, 1.54) is 6.07 Å². The fourth-order valence-corrected chi connectivity index (χ4v) is 1.18. The van der Waals surface area contributed by atoms with Gasteiger partial charge in [-0.05, 0) is 12.1 Å². The molecular weight excluding hydrogens is 222 g/mol. The van der Waals surface area contributed by atoms with E-state index in [-0.39, 0.29) is 11.6 Å². The van der Waals surface area contributed by atoms with Crippen LogP contribution >= 0.6 is 0 Å². The number of hydrazine groups is 1. The zero-order valence-corrected chi connectivity index (χ0v) is 8.84. The van der Waals surface area contributed by atoms with Gasteiger partial charge in [0.1, 0.15) is 0 Å². The van der Waals surface area contributed by atoms with Crippen LogP contribution in [-0.4, -0.2) is 26.1 Å². The van der Waals surface area contributed by atoms with E-state index in [0.29, 0.717) is 12.4 Å². The van der Waals surface area contributed by atoms with Gasteiger partial charge in [0.05, 0.1) is 18.6 Å². The van der Waals surface area contributed by atoms with Crippen molar-refractivity contribution in [2.24, 2.45) is 5.84 Å². The van der Waals surface area contributed by atoms with Gasteiger partial charge in [-0.1, -0.05) is 0 Å². The van der Waals surface area contributed by atoms with Crippen molar-refractivity contribution in [3.8, 4) is 0 Å². The first-order chi connectivity index (χ1) is 8.29. The van der Waals surface area contributed by atoms with E-state index in [0.717, 1.165) is 5.69 Å². The van der Waals surface area contributed by atoms with Crippen LogP contribution in [0.15, 0.2) is 24.7 Å². The number of hydrogen-bond acceptors (Lipinski definition) is 6. The van der Waals surface area contributed by atoms with Crippen molar-refractivity contribution in [2.45, 2.75) is 6.54 Å². The number of nitrogens with zero attached hydrogens (tertiary/aromatic N) is 3. The first-order valence-corrected chi connectivity index (χ1v) is 4.85. The number of anilines is 1. The van der Waals surface area contributed by atoms with Crippen LogP contribution in [0.3, 0.4) is 0 Å². The molecule has 0 saturated carbocycles. The van der Waals surface area contributed by atoms with Crippen molar-refractivity contribution < 1.29 is 4.79 Å². The third-order valence-corrected chi connectivity index (χ3v) is 2.04. The second kappa shape index (κ2) is 5.03. The molecule has 5 N–H and O–H groups in total. The highest BCUT2D eigenvalue weighted by molar-refractivity contribution is 5.92. The zero-order chi connectivity index (χ0) is 12.1. The quantitative estimate of drug-likeness (QED) is 0.414. The molecular formula is C9H11N7O. The fraction of sp³-hybridized carbons (Fsp3) is 0.111. The monoisotopic (exact) mass is 233 g/mol. The smallest absolute Gasteiger partial charge is 0.272 e. The maximum Gasteiger partial charge on any atom is 0.272 e. The summed E-state index contributed by atoms with van der Waals surface area (Å²) in [6, 6.07) is 3.10. The van der Waals surface area contributed by atoms with Gasteiger partial charge in [-0.15, -0.1) is 10.2 Å². The van der Waals surface area contributed by atoms with E-state index in [1.54, 1.807) is 18.6 Å². The topological polar surface area (TPSA) is 122 Å². The molecule has 1 amide bonds. The first-order valence-electron chi connectivity index (χ1n) is 4.85. The summed E-state index contributed by atoms with van der Waals surface area (Å²) in [7, 11) is 0. The molecule has 0 atom stereocenters. The number of amides is 1. The maximum absolute atomic E-state index is 11.6. The third kappa shape index (κ3) is 2.75. The Hall–Kier alpha value is -2.48. The lowest BCUT2D eigenvalue weighted by Gasteiger charge is -2.03. The van der Waals surface area contributed by atoms with E-state index in [4.69, 9.17) is 5.84 Å². The molecule has 0 aliphatic heterocycles. The lowest BCUT2D eigenvalue weighted by atomic mass is 10.3. The SMILES string of the molecule is NNc1ccc(C(=O)NCc2cnc[nH]2)nn1. The number of hydrogen-bond donors (Lipinski definition) is 4. The Labute approximate surface area is 96.6 Å². The van der Waals surface area contributed by atoms with Crippen LogP contribution in [0.25, 0.3) is 0 Å². The molecule has 0 bridgehead atoms. The number of nitrogens with two attached hydrogens (primary N) is 1. The Kier molecular flexibility index (Phi) is 3.26. The molecule has 88 valence electrons. The van der Waals surface area contributed by atoms with Crippen molar-refractivity contribution in [3.05, 3.63) is 36.0 Å². The molecule has 0 aliphatic carbocycles. The highest BCUT2D eigenvalue weighted by Gasteiger charge is 2.07. The largest absolute Gasteiger partial charge is 0.347 e. The number of carbonyl (C=O) groups excluding carboxylic acids is 1. The van der Waals surface area contributed by atoms with Gasteiger partial charge in [0, 0.05) is 6.20 Å². The summed E-state index contributed by atoms with van der Waals surface area (Å²) in [5.41, 5.74) is 3.37. The average molecular weight is 233 g/mol. The Morgan fingerprint density at radius 1 is 1.41 bits per heavy atom. The summed E-state index contributed by atoms with van der Waals surface area (Å²) in [4.78, 5) is 18.4. The molecule has 2 heterocycles. The number of rotatable bonds is 4. The predicted molar refractivity (Wildman–Crippen MR) is 59.6 cm³/mol. The molecule has 0 aliphatic rings. The number of H-pyrrole nitrogens is 1. The van der Waals surface area contributed by atoms with Crippen LogP contribution in [-0.2, 0) is 6.54 Å². The lowest BCUT2D eigenvalue weighted by Crippen LogP contribution is -2.24. The van der Waals surface area contributed by atoms with Gasteiger partial charge in [-0.25, -0.2) is 10.8 Å².